The lowest BCUT2D eigenvalue weighted by Crippen LogP contribution is -2.24. The standard InChI is InChI=1S/C13H21N3S/c1-5-13(3,4)8-15-12-10(11(14)17)7-6-9(2)16-12/h6-7H,5,8H2,1-4H3,(H2,14,17)(H,15,16). The van der Waals surface area contributed by atoms with Crippen molar-refractivity contribution >= 4 is 23.0 Å². The first-order valence-corrected chi connectivity index (χ1v) is 6.28. The number of hydrogen-bond acceptors (Lipinski definition) is 3. The number of aromatic nitrogens is 1. The van der Waals surface area contributed by atoms with Crippen molar-refractivity contribution in [3.8, 4) is 0 Å². The molecule has 1 aromatic rings. The van der Waals surface area contributed by atoms with E-state index >= 15 is 0 Å². The molecule has 0 aromatic carbocycles. The summed E-state index contributed by atoms with van der Waals surface area (Å²) in [4.78, 5) is 4.84. The van der Waals surface area contributed by atoms with Crippen molar-refractivity contribution < 1.29 is 0 Å². The average molecular weight is 251 g/mol. The second-order valence-electron chi connectivity index (χ2n) is 5.08. The first-order chi connectivity index (χ1) is 7.85. The third-order valence-corrected chi connectivity index (χ3v) is 3.21. The summed E-state index contributed by atoms with van der Waals surface area (Å²) < 4.78 is 0. The maximum atomic E-state index is 5.69. The van der Waals surface area contributed by atoms with Crippen molar-refractivity contribution in [2.75, 3.05) is 11.9 Å². The van der Waals surface area contributed by atoms with Crippen LogP contribution < -0.4 is 11.1 Å². The van der Waals surface area contributed by atoms with Crippen LogP contribution in [0.3, 0.4) is 0 Å². The number of pyridine rings is 1. The van der Waals surface area contributed by atoms with E-state index in [0.29, 0.717) is 4.99 Å². The SMILES string of the molecule is CCC(C)(C)CNc1nc(C)ccc1C(N)=S. The van der Waals surface area contributed by atoms with Gasteiger partial charge in [0.15, 0.2) is 0 Å². The van der Waals surface area contributed by atoms with Gasteiger partial charge in [-0.3, -0.25) is 0 Å². The quantitative estimate of drug-likeness (QED) is 0.790. The fourth-order valence-corrected chi connectivity index (χ4v) is 1.50. The lowest BCUT2D eigenvalue weighted by Gasteiger charge is -2.24. The van der Waals surface area contributed by atoms with Gasteiger partial charge in [0.25, 0.3) is 0 Å². The molecule has 0 amide bonds. The highest BCUT2D eigenvalue weighted by molar-refractivity contribution is 7.80. The Morgan fingerprint density at radius 1 is 1.47 bits per heavy atom. The Kier molecular flexibility index (Phi) is 4.46. The van der Waals surface area contributed by atoms with Crippen LogP contribution in [0.1, 0.15) is 38.4 Å². The molecule has 0 aliphatic rings. The van der Waals surface area contributed by atoms with Gasteiger partial charge >= 0.3 is 0 Å². The van der Waals surface area contributed by atoms with E-state index in [0.717, 1.165) is 30.0 Å². The van der Waals surface area contributed by atoms with Crippen LogP contribution in [0, 0.1) is 12.3 Å². The molecule has 3 N–H and O–H groups in total. The molecule has 0 atom stereocenters. The first-order valence-electron chi connectivity index (χ1n) is 5.87. The number of nitrogens with one attached hydrogen (secondary N) is 1. The van der Waals surface area contributed by atoms with Crippen molar-refractivity contribution in [3.63, 3.8) is 0 Å². The molecule has 0 spiro atoms. The number of rotatable bonds is 5. The van der Waals surface area contributed by atoms with E-state index in [1.54, 1.807) is 0 Å². The lowest BCUT2D eigenvalue weighted by molar-refractivity contribution is 0.376. The van der Waals surface area contributed by atoms with Gasteiger partial charge in [-0.25, -0.2) is 4.98 Å². The predicted molar refractivity (Wildman–Crippen MR) is 77.4 cm³/mol. The predicted octanol–water partition coefficient (Wildman–Crippen LogP) is 2.87. The summed E-state index contributed by atoms with van der Waals surface area (Å²) in [6.07, 6.45) is 1.11. The number of nitrogens with two attached hydrogens (primary N) is 1. The Morgan fingerprint density at radius 2 is 2.12 bits per heavy atom. The van der Waals surface area contributed by atoms with E-state index in [4.69, 9.17) is 18.0 Å². The Hall–Kier alpha value is -1.16. The van der Waals surface area contributed by atoms with Crippen LogP contribution in [0.4, 0.5) is 5.82 Å². The Morgan fingerprint density at radius 3 is 2.65 bits per heavy atom. The molecule has 0 bridgehead atoms. The highest BCUT2D eigenvalue weighted by Gasteiger charge is 2.16. The van der Waals surface area contributed by atoms with E-state index in [-0.39, 0.29) is 5.41 Å². The average Bonchev–Trinajstić information content (AvgIpc) is 2.26. The third kappa shape index (κ3) is 3.97. The van der Waals surface area contributed by atoms with E-state index < -0.39 is 0 Å². The zero-order valence-electron chi connectivity index (χ0n) is 11.0. The molecule has 1 heterocycles. The fourth-order valence-electron chi connectivity index (χ4n) is 1.34. The minimum atomic E-state index is 0.235. The molecule has 4 heteroatoms. The molecule has 1 rings (SSSR count). The molecule has 0 saturated carbocycles. The molecule has 1 aromatic heterocycles. The normalized spacial score (nSPS) is 11.3. The highest BCUT2D eigenvalue weighted by Crippen LogP contribution is 2.21. The number of anilines is 1. The molecule has 0 saturated heterocycles. The van der Waals surface area contributed by atoms with Crippen LogP contribution in [0.15, 0.2) is 12.1 Å². The van der Waals surface area contributed by atoms with Crippen LogP contribution in [-0.4, -0.2) is 16.5 Å². The Balaban J connectivity index is 2.89. The van der Waals surface area contributed by atoms with Gasteiger partial charge in [0, 0.05) is 12.2 Å². The monoisotopic (exact) mass is 251 g/mol. The molecule has 94 valence electrons. The van der Waals surface area contributed by atoms with Gasteiger partial charge in [-0.15, -0.1) is 0 Å². The largest absolute Gasteiger partial charge is 0.389 e. The summed E-state index contributed by atoms with van der Waals surface area (Å²) in [6, 6.07) is 3.84. The van der Waals surface area contributed by atoms with Gasteiger partial charge in [-0.05, 0) is 30.9 Å². The smallest absolute Gasteiger partial charge is 0.136 e. The van der Waals surface area contributed by atoms with E-state index in [2.05, 4.69) is 31.1 Å². The molecule has 3 nitrogen and oxygen atoms in total. The second-order valence-corrected chi connectivity index (χ2v) is 5.52. The molecule has 0 radical (unpaired) electrons. The van der Waals surface area contributed by atoms with Crippen LogP contribution >= 0.6 is 12.2 Å². The molecule has 0 aliphatic heterocycles. The zero-order valence-corrected chi connectivity index (χ0v) is 11.8. The summed E-state index contributed by atoms with van der Waals surface area (Å²) in [5.41, 5.74) is 7.70. The van der Waals surface area contributed by atoms with Crippen molar-refractivity contribution in [1.29, 1.82) is 0 Å². The number of thiocarbonyl (C=S) groups is 1. The number of nitrogens with zero attached hydrogens (tertiary/aromatic N) is 1. The Bertz CT molecular complexity index is 413. The topological polar surface area (TPSA) is 50.9 Å². The van der Waals surface area contributed by atoms with Crippen LogP contribution in [0.2, 0.25) is 0 Å². The van der Waals surface area contributed by atoms with Gasteiger partial charge < -0.3 is 11.1 Å². The van der Waals surface area contributed by atoms with Gasteiger partial charge in [-0.2, -0.15) is 0 Å². The summed E-state index contributed by atoms with van der Waals surface area (Å²) >= 11 is 5.03. The highest BCUT2D eigenvalue weighted by atomic mass is 32.1. The molecule has 0 fully saturated rings. The van der Waals surface area contributed by atoms with Crippen molar-refractivity contribution in [2.24, 2.45) is 11.1 Å². The molecule has 0 unspecified atom stereocenters. The maximum Gasteiger partial charge on any atom is 0.136 e. The minimum Gasteiger partial charge on any atom is -0.389 e. The summed E-state index contributed by atoms with van der Waals surface area (Å²) in [6.45, 7) is 9.43. The zero-order chi connectivity index (χ0) is 13.1. The first kappa shape index (κ1) is 13.9. The van der Waals surface area contributed by atoms with Crippen LogP contribution in [0.25, 0.3) is 0 Å². The van der Waals surface area contributed by atoms with Gasteiger partial charge in [0.1, 0.15) is 10.8 Å². The molecule has 17 heavy (non-hydrogen) atoms. The van der Waals surface area contributed by atoms with Gasteiger partial charge in [0.05, 0.1) is 5.56 Å². The summed E-state index contributed by atoms with van der Waals surface area (Å²) in [7, 11) is 0. The number of hydrogen-bond donors (Lipinski definition) is 2. The lowest BCUT2D eigenvalue weighted by atomic mass is 9.90. The van der Waals surface area contributed by atoms with Crippen molar-refractivity contribution in [1.82, 2.24) is 4.98 Å². The van der Waals surface area contributed by atoms with Gasteiger partial charge in [-0.1, -0.05) is 33.0 Å². The van der Waals surface area contributed by atoms with Crippen molar-refractivity contribution in [3.05, 3.63) is 23.4 Å². The molecule has 0 aliphatic carbocycles. The number of aryl methyl sites for hydroxylation is 1. The van der Waals surface area contributed by atoms with Crippen LogP contribution in [0.5, 0.6) is 0 Å². The third-order valence-electron chi connectivity index (χ3n) is 2.99. The molecular formula is C13H21N3S. The second kappa shape index (κ2) is 5.45. The van der Waals surface area contributed by atoms with Crippen LogP contribution in [-0.2, 0) is 0 Å². The van der Waals surface area contributed by atoms with Gasteiger partial charge in [0.2, 0.25) is 0 Å². The van der Waals surface area contributed by atoms with E-state index in [1.807, 2.05) is 19.1 Å². The van der Waals surface area contributed by atoms with E-state index in [1.165, 1.54) is 0 Å². The fraction of sp³-hybridized carbons (Fsp3) is 0.538. The summed E-state index contributed by atoms with van der Waals surface area (Å²) in [5.74, 6) is 0.791. The van der Waals surface area contributed by atoms with Crippen molar-refractivity contribution in [2.45, 2.75) is 34.1 Å². The molecular weight excluding hydrogens is 230 g/mol. The maximum absolute atomic E-state index is 5.69. The minimum absolute atomic E-state index is 0.235. The summed E-state index contributed by atoms with van der Waals surface area (Å²) in [5, 5.41) is 3.35. The Labute approximate surface area is 109 Å². The van der Waals surface area contributed by atoms with E-state index in [9.17, 15) is 0 Å².